The molecule has 0 saturated heterocycles. The molecule has 0 fully saturated rings. The summed E-state index contributed by atoms with van der Waals surface area (Å²) >= 11 is 1.58. The second-order valence-corrected chi connectivity index (χ2v) is 4.02. The van der Waals surface area contributed by atoms with Gasteiger partial charge < -0.3 is 10.8 Å². The normalized spacial score (nSPS) is 10.8. The Kier molecular flexibility index (Phi) is 1.48. The molecule has 0 unspecified atom stereocenters. The summed E-state index contributed by atoms with van der Waals surface area (Å²) in [5.74, 6) is 0.363. The van der Waals surface area contributed by atoms with Crippen LogP contribution in [0, 0.1) is 6.92 Å². The van der Waals surface area contributed by atoms with Gasteiger partial charge in [-0.25, -0.2) is 0 Å². The summed E-state index contributed by atoms with van der Waals surface area (Å²) in [7, 11) is 0. The van der Waals surface area contributed by atoms with E-state index in [0.29, 0.717) is 11.4 Å². The number of benzene rings is 1. The van der Waals surface area contributed by atoms with Crippen LogP contribution in [0.3, 0.4) is 0 Å². The summed E-state index contributed by atoms with van der Waals surface area (Å²) < 4.78 is 1.08. The van der Waals surface area contributed by atoms with Crippen molar-refractivity contribution in [3.05, 3.63) is 23.1 Å². The Balaban J connectivity index is 2.88. The third-order valence-electron chi connectivity index (χ3n) is 1.86. The molecule has 0 saturated carbocycles. The number of hydrogen-bond donors (Lipinski definition) is 2. The Morgan fingerprint density at radius 1 is 1.42 bits per heavy atom. The zero-order valence-corrected chi connectivity index (χ0v) is 7.48. The van der Waals surface area contributed by atoms with E-state index in [2.05, 4.69) is 0 Å². The molecule has 1 aromatic carbocycles. The molecule has 0 aliphatic carbocycles. The van der Waals surface area contributed by atoms with Crippen molar-refractivity contribution in [1.82, 2.24) is 0 Å². The first-order valence-electron chi connectivity index (χ1n) is 3.66. The Hall–Kier alpha value is -1.22. The highest BCUT2D eigenvalue weighted by atomic mass is 32.1. The van der Waals surface area contributed by atoms with Crippen LogP contribution in [0.25, 0.3) is 10.1 Å². The zero-order chi connectivity index (χ0) is 8.72. The highest BCUT2D eigenvalue weighted by Gasteiger charge is 2.06. The Bertz CT molecular complexity index is 433. The zero-order valence-electron chi connectivity index (χ0n) is 6.66. The van der Waals surface area contributed by atoms with E-state index in [0.717, 1.165) is 15.0 Å². The van der Waals surface area contributed by atoms with Gasteiger partial charge in [0.15, 0.2) is 0 Å². The van der Waals surface area contributed by atoms with Gasteiger partial charge in [-0.1, -0.05) is 0 Å². The molecule has 0 aliphatic heterocycles. The van der Waals surface area contributed by atoms with Crippen LogP contribution in [0.1, 0.15) is 4.88 Å². The van der Waals surface area contributed by atoms with Gasteiger partial charge in [-0.2, -0.15) is 0 Å². The van der Waals surface area contributed by atoms with Crippen molar-refractivity contribution in [3.8, 4) is 5.75 Å². The molecule has 3 heteroatoms. The second-order valence-electron chi connectivity index (χ2n) is 2.76. The molecule has 3 N–H and O–H groups in total. The van der Waals surface area contributed by atoms with Crippen molar-refractivity contribution in [3.63, 3.8) is 0 Å². The average Bonchev–Trinajstić information content (AvgIpc) is 2.31. The van der Waals surface area contributed by atoms with Crippen molar-refractivity contribution >= 4 is 27.1 Å². The van der Waals surface area contributed by atoms with E-state index in [1.54, 1.807) is 17.4 Å². The predicted molar refractivity (Wildman–Crippen MR) is 52.6 cm³/mol. The maximum Gasteiger partial charge on any atom is 0.137 e. The van der Waals surface area contributed by atoms with Crippen molar-refractivity contribution in [1.29, 1.82) is 0 Å². The number of nitrogen functional groups attached to an aromatic ring is 1. The van der Waals surface area contributed by atoms with Gasteiger partial charge in [-0.15, -0.1) is 11.3 Å². The fraction of sp³-hybridized carbons (Fsp3) is 0.111. The summed E-state index contributed by atoms with van der Waals surface area (Å²) in [5, 5.41) is 10.4. The Morgan fingerprint density at radius 2 is 2.17 bits per heavy atom. The van der Waals surface area contributed by atoms with Crippen LogP contribution in [-0.4, -0.2) is 5.11 Å². The first-order valence-corrected chi connectivity index (χ1v) is 4.48. The SMILES string of the molecule is Cc1sc2ccc(N)cc2c1O. The molecular formula is C9H9NOS. The molecule has 12 heavy (non-hydrogen) atoms. The molecule has 2 aromatic rings. The maximum absolute atomic E-state index is 9.58. The van der Waals surface area contributed by atoms with Crippen LogP contribution < -0.4 is 5.73 Å². The van der Waals surface area contributed by atoms with Gasteiger partial charge in [-0.05, 0) is 25.1 Å². The molecule has 2 rings (SSSR count). The quantitative estimate of drug-likeness (QED) is 0.610. The number of nitrogens with two attached hydrogens (primary N) is 1. The van der Waals surface area contributed by atoms with Gasteiger partial charge >= 0.3 is 0 Å². The third-order valence-corrected chi connectivity index (χ3v) is 2.93. The summed E-state index contributed by atoms with van der Waals surface area (Å²) in [4.78, 5) is 0.940. The largest absolute Gasteiger partial charge is 0.506 e. The van der Waals surface area contributed by atoms with Crippen molar-refractivity contribution in [2.24, 2.45) is 0 Å². The van der Waals surface area contributed by atoms with Gasteiger partial charge in [0.2, 0.25) is 0 Å². The smallest absolute Gasteiger partial charge is 0.137 e. The highest BCUT2D eigenvalue weighted by Crippen LogP contribution is 2.36. The van der Waals surface area contributed by atoms with E-state index in [9.17, 15) is 5.11 Å². The van der Waals surface area contributed by atoms with E-state index in [1.807, 2.05) is 19.1 Å². The molecule has 0 aliphatic rings. The van der Waals surface area contributed by atoms with E-state index in [1.165, 1.54) is 0 Å². The molecule has 0 atom stereocenters. The lowest BCUT2D eigenvalue weighted by molar-refractivity contribution is 0.480. The molecular weight excluding hydrogens is 170 g/mol. The molecule has 1 heterocycles. The van der Waals surface area contributed by atoms with Crippen LogP contribution in [0.4, 0.5) is 5.69 Å². The molecule has 0 bridgehead atoms. The van der Waals surface area contributed by atoms with E-state index < -0.39 is 0 Å². The first-order chi connectivity index (χ1) is 5.68. The number of aryl methyl sites for hydroxylation is 1. The summed E-state index contributed by atoms with van der Waals surface area (Å²) in [6.07, 6.45) is 0. The second kappa shape index (κ2) is 2.38. The molecule has 0 amide bonds. The lowest BCUT2D eigenvalue weighted by atomic mass is 10.2. The minimum absolute atomic E-state index is 0.363. The van der Waals surface area contributed by atoms with Crippen molar-refractivity contribution in [2.75, 3.05) is 5.73 Å². The molecule has 1 aromatic heterocycles. The van der Waals surface area contributed by atoms with E-state index in [-0.39, 0.29) is 0 Å². The summed E-state index contributed by atoms with van der Waals surface area (Å²) in [6, 6.07) is 5.58. The number of hydrogen-bond acceptors (Lipinski definition) is 3. The van der Waals surface area contributed by atoms with Gasteiger partial charge in [0.1, 0.15) is 5.75 Å². The highest BCUT2D eigenvalue weighted by molar-refractivity contribution is 7.19. The molecule has 2 nitrogen and oxygen atoms in total. The standard InChI is InChI=1S/C9H9NOS/c1-5-9(11)7-4-6(10)2-3-8(7)12-5/h2-4,11H,10H2,1H3. The minimum atomic E-state index is 0.363. The van der Waals surface area contributed by atoms with Gasteiger partial charge in [-0.3, -0.25) is 0 Å². The number of fused-ring (bicyclic) bond motifs is 1. The lowest BCUT2D eigenvalue weighted by Crippen LogP contribution is -1.81. The van der Waals surface area contributed by atoms with Gasteiger partial charge in [0, 0.05) is 20.7 Å². The van der Waals surface area contributed by atoms with Crippen molar-refractivity contribution < 1.29 is 5.11 Å². The van der Waals surface area contributed by atoms with Crippen LogP contribution in [0.15, 0.2) is 18.2 Å². The number of thiophene rings is 1. The predicted octanol–water partition coefficient (Wildman–Crippen LogP) is 2.50. The van der Waals surface area contributed by atoms with Crippen LogP contribution >= 0.6 is 11.3 Å². The Labute approximate surface area is 74.3 Å². The number of anilines is 1. The van der Waals surface area contributed by atoms with Crippen LogP contribution in [-0.2, 0) is 0 Å². The first kappa shape index (κ1) is 7.43. The van der Waals surface area contributed by atoms with Gasteiger partial charge in [0.25, 0.3) is 0 Å². The number of aromatic hydroxyl groups is 1. The number of rotatable bonds is 0. The minimum Gasteiger partial charge on any atom is -0.506 e. The van der Waals surface area contributed by atoms with Crippen LogP contribution in [0.2, 0.25) is 0 Å². The summed E-state index contributed by atoms with van der Waals surface area (Å²) in [5.41, 5.74) is 6.29. The fourth-order valence-corrected chi connectivity index (χ4v) is 2.16. The molecule has 0 spiro atoms. The molecule has 0 radical (unpaired) electrons. The lowest BCUT2D eigenvalue weighted by Gasteiger charge is -1.92. The van der Waals surface area contributed by atoms with Crippen LogP contribution in [0.5, 0.6) is 5.75 Å². The average molecular weight is 179 g/mol. The third kappa shape index (κ3) is 0.940. The van der Waals surface area contributed by atoms with E-state index in [4.69, 9.17) is 5.73 Å². The molecule has 62 valence electrons. The van der Waals surface area contributed by atoms with Crippen molar-refractivity contribution in [2.45, 2.75) is 6.92 Å². The Morgan fingerprint density at radius 3 is 2.92 bits per heavy atom. The topological polar surface area (TPSA) is 46.2 Å². The van der Waals surface area contributed by atoms with E-state index >= 15 is 0 Å². The summed E-state index contributed by atoms with van der Waals surface area (Å²) in [6.45, 7) is 1.90. The van der Waals surface area contributed by atoms with Gasteiger partial charge in [0.05, 0.1) is 0 Å². The maximum atomic E-state index is 9.58. The monoisotopic (exact) mass is 179 g/mol. The fourth-order valence-electron chi connectivity index (χ4n) is 1.22.